The first-order valence-corrected chi connectivity index (χ1v) is 6.54. The summed E-state index contributed by atoms with van der Waals surface area (Å²) in [6.07, 6.45) is 6.45. The molecule has 16 heavy (non-hydrogen) atoms. The van der Waals surface area contributed by atoms with Gasteiger partial charge >= 0.3 is 0 Å². The fourth-order valence-electron chi connectivity index (χ4n) is 2.17. The van der Waals surface area contributed by atoms with Crippen LogP contribution in [0, 0.1) is 0 Å². The van der Waals surface area contributed by atoms with Crippen LogP contribution >= 0.6 is 0 Å². The number of hydrogen-bond acceptors (Lipinski definition) is 1. The number of rotatable bonds is 5. The van der Waals surface area contributed by atoms with E-state index in [-0.39, 0.29) is 0 Å². The average molecular weight is 216 g/mol. The molecule has 0 aliphatic heterocycles. The molecule has 2 rings (SSSR count). The van der Waals surface area contributed by atoms with Crippen molar-refractivity contribution >= 4 is 13.3 Å². The molecule has 0 amide bonds. The summed E-state index contributed by atoms with van der Waals surface area (Å²) in [7, 11) is 2.16. The minimum atomic E-state index is 0.799. The standard InChI is InChI=1S/C14H21BO/c1-2-3-7-16-14-9-12(8-13(15)10-14)11-5-4-6-11/h8-11H,2-7,15H2,1H3. The molecular weight excluding hydrogens is 195 g/mol. The minimum absolute atomic E-state index is 0.799. The molecular formula is C14H21BO. The molecule has 1 aromatic rings. The Balaban J connectivity index is 2.03. The van der Waals surface area contributed by atoms with Gasteiger partial charge < -0.3 is 4.74 Å². The lowest BCUT2D eigenvalue weighted by molar-refractivity contribution is 0.308. The second-order valence-corrected chi connectivity index (χ2v) is 4.91. The van der Waals surface area contributed by atoms with Gasteiger partial charge in [-0.2, -0.15) is 0 Å². The highest BCUT2D eigenvalue weighted by Crippen LogP contribution is 2.36. The predicted molar refractivity (Wildman–Crippen MR) is 71.6 cm³/mol. The second-order valence-electron chi connectivity index (χ2n) is 4.91. The van der Waals surface area contributed by atoms with Gasteiger partial charge in [-0.3, -0.25) is 0 Å². The molecule has 0 heterocycles. The van der Waals surface area contributed by atoms with Crippen molar-refractivity contribution < 1.29 is 4.74 Å². The van der Waals surface area contributed by atoms with Gasteiger partial charge in [0.15, 0.2) is 0 Å². The van der Waals surface area contributed by atoms with E-state index in [1.807, 2.05) is 0 Å². The van der Waals surface area contributed by atoms with Crippen molar-refractivity contribution in [3.05, 3.63) is 23.8 Å². The summed E-state index contributed by atoms with van der Waals surface area (Å²) < 4.78 is 5.79. The Hall–Kier alpha value is -0.915. The maximum atomic E-state index is 5.79. The van der Waals surface area contributed by atoms with Gasteiger partial charge in [-0.25, -0.2) is 0 Å². The van der Waals surface area contributed by atoms with Crippen molar-refractivity contribution in [2.45, 2.75) is 44.9 Å². The minimum Gasteiger partial charge on any atom is -0.494 e. The van der Waals surface area contributed by atoms with Crippen LogP contribution in [0.1, 0.15) is 50.5 Å². The zero-order valence-corrected chi connectivity index (χ0v) is 10.5. The predicted octanol–water partition coefficient (Wildman–Crippen LogP) is 2.39. The van der Waals surface area contributed by atoms with Gasteiger partial charge in [0.25, 0.3) is 0 Å². The molecule has 0 saturated heterocycles. The van der Waals surface area contributed by atoms with Crippen LogP contribution in [0.5, 0.6) is 5.75 Å². The summed E-state index contributed by atoms with van der Waals surface area (Å²) in [4.78, 5) is 0. The Bertz CT molecular complexity index is 345. The summed E-state index contributed by atoms with van der Waals surface area (Å²) in [5, 5.41) is 0. The van der Waals surface area contributed by atoms with E-state index in [9.17, 15) is 0 Å². The van der Waals surface area contributed by atoms with Crippen molar-refractivity contribution in [1.82, 2.24) is 0 Å². The van der Waals surface area contributed by atoms with Crippen molar-refractivity contribution in [1.29, 1.82) is 0 Å². The fourth-order valence-corrected chi connectivity index (χ4v) is 2.17. The highest BCUT2D eigenvalue weighted by Gasteiger charge is 2.19. The van der Waals surface area contributed by atoms with E-state index < -0.39 is 0 Å². The fraction of sp³-hybridized carbons (Fsp3) is 0.571. The lowest BCUT2D eigenvalue weighted by Gasteiger charge is -2.26. The first-order chi connectivity index (χ1) is 7.79. The monoisotopic (exact) mass is 216 g/mol. The van der Waals surface area contributed by atoms with Crippen LogP contribution in [0.4, 0.5) is 0 Å². The second kappa shape index (κ2) is 5.42. The summed E-state index contributed by atoms with van der Waals surface area (Å²) in [5.74, 6) is 1.86. The van der Waals surface area contributed by atoms with Crippen LogP contribution in [0.15, 0.2) is 18.2 Å². The van der Waals surface area contributed by atoms with Gasteiger partial charge in [0, 0.05) is 0 Å². The van der Waals surface area contributed by atoms with E-state index in [1.165, 1.54) is 36.7 Å². The quantitative estimate of drug-likeness (QED) is 0.542. The molecule has 1 fully saturated rings. The molecule has 0 atom stereocenters. The Kier molecular flexibility index (Phi) is 3.92. The number of unbranched alkanes of at least 4 members (excludes halogenated alkanes) is 1. The molecule has 1 nitrogen and oxygen atoms in total. The van der Waals surface area contributed by atoms with Gasteiger partial charge in [0.1, 0.15) is 13.6 Å². The maximum absolute atomic E-state index is 5.79. The third kappa shape index (κ3) is 2.81. The molecule has 2 heteroatoms. The molecule has 0 spiro atoms. The van der Waals surface area contributed by atoms with Gasteiger partial charge in [-0.15, -0.1) is 0 Å². The first kappa shape index (κ1) is 11.6. The summed E-state index contributed by atoms with van der Waals surface area (Å²) in [5.41, 5.74) is 2.81. The third-order valence-corrected chi connectivity index (χ3v) is 3.42. The third-order valence-electron chi connectivity index (χ3n) is 3.42. The average Bonchev–Trinajstić information content (AvgIpc) is 2.14. The molecule has 0 aromatic heterocycles. The van der Waals surface area contributed by atoms with E-state index >= 15 is 0 Å². The maximum Gasteiger partial charge on any atom is 0.139 e. The number of benzene rings is 1. The highest BCUT2D eigenvalue weighted by molar-refractivity contribution is 6.32. The van der Waals surface area contributed by atoms with E-state index in [4.69, 9.17) is 4.74 Å². The Labute approximate surface area is 99.6 Å². The van der Waals surface area contributed by atoms with Gasteiger partial charge in [-0.05, 0) is 42.9 Å². The smallest absolute Gasteiger partial charge is 0.139 e. The number of hydrogen-bond donors (Lipinski definition) is 0. The van der Waals surface area contributed by atoms with Crippen molar-refractivity contribution in [2.24, 2.45) is 0 Å². The van der Waals surface area contributed by atoms with Crippen LogP contribution in [-0.2, 0) is 0 Å². The lowest BCUT2D eigenvalue weighted by Crippen LogP contribution is -2.13. The van der Waals surface area contributed by atoms with Crippen LogP contribution < -0.4 is 10.2 Å². The zero-order valence-electron chi connectivity index (χ0n) is 10.5. The van der Waals surface area contributed by atoms with Crippen molar-refractivity contribution in [2.75, 3.05) is 6.61 Å². The van der Waals surface area contributed by atoms with Gasteiger partial charge in [0.05, 0.1) is 6.61 Å². The molecule has 0 bridgehead atoms. The highest BCUT2D eigenvalue weighted by atomic mass is 16.5. The topological polar surface area (TPSA) is 9.23 Å². The SMILES string of the molecule is Bc1cc(OCCCC)cc(C2CCC2)c1. The first-order valence-electron chi connectivity index (χ1n) is 6.54. The Morgan fingerprint density at radius 1 is 1.31 bits per heavy atom. The summed E-state index contributed by atoms with van der Waals surface area (Å²) >= 11 is 0. The molecule has 1 aromatic carbocycles. The molecule has 0 radical (unpaired) electrons. The molecule has 0 unspecified atom stereocenters. The molecule has 1 saturated carbocycles. The van der Waals surface area contributed by atoms with Crippen molar-refractivity contribution in [3.8, 4) is 5.75 Å². The van der Waals surface area contributed by atoms with E-state index in [0.717, 1.165) is 24.7 Å². The lowest BCUT2D eigenvalue weighted by atomic mass is 9.78. The molecule has 1 aliphatic rings. The van der Waals surface area contributed by atoms with Gasteiger partial charge in [0.2, 0.25) is 0 Å². The summed E-state index contributed by atoms with van der Waals surface area (Å²) in [6.45, 7) is 3.05. The Morgan fingerprint density at radius 3 is 2.75 bits per heavy atom. The van der Waals surface area contributed by atoms with Crippen LogP contribution in [0.3, 0.4) is 0 Å². The van der Waals surface area contributed by atoms with Crippen LogP contribution in [0.25, 0.3) is 0 Å². The normalized spacial score (nSPS) is 15.8. The molecule has 0 N–H and O–H groups in total. The van der Waals surface area contributed by atoms with Crippen LogP contribution in [0.2, 0.25) is 0 Å². The largest absolute Gasteiger partial charge is 0.494 e. The zero-order chi connectivity index (χ0) is 11.4. The number of ether oxygens (including phenoxy) is 1. The van der Waals surface area contributed by atoms with Crippen molar-refractivity contribution in [3.63, 3.8) is 0 Å². The van der Waals surface area contributed by atoms with E-state index in [0.29, 0.717) is 0 Å². The van der Waals surface area contributed by atoms with Gasteiger partial charge in [-0.1, -0.05) is 31.3 Å². The summed E-state index contributed by atoms with van der Waals surface area (Å²) in [6, 6.07) is 6.71. The molecule has 86 valence electrons. The Morgan fingerprint density at radius 2 is 2.12 bits per heavy atom. The van der Waals surface area contributed by atoms with E-state index in [2.05, 4.69) is 33.0 Å². The van der Waals surface area contributed by atoms with E-state index in [1.54, 1.807) is 0 Å². The van der Waals surface area contributed by atoms with Crippen LogP contribution in [-0.4, -0.2) is 14.5 Å². The molecule has 1 aliphatic carbocycles.